The van der Waals surface area contributed by atoms with Crippen LogP contribution >= 0.6 is 0 Å². The first-order valence-corrected chi connectivity index (χ1v) is 6.79. The van der Waals surface area contributed by atoms with Gasteiger partial charge in [0.25, 0.3) is 5.91 Å². The van der Waals surface area contributed by atoms with Gasteiger partial charge in [-0.3, -0.25) is 9.78 Å². The van der Waals surface area contributed by atoms with Crippen LogP contribution in [-0.2, 0) is 4.79 Å². The number of hydrogen-bond donors (Lipinski definition) is 1. The number of carbonyl (C=O) groups excluding carboxylic acids is 1. The minimum Gasteiger partial charge on any atom is -0.321 e. The van der Waals surface area contributed by atoms with E-state index in [1.807, 2.05) is 60.7 Å². The van der Waals surface area contributed by atoms with Gasteiger partial charge in [-0.1, -0.05) is 36.4 Å². The Labute approximate surface area is 122 Å². The van der Waals surface area contributed by atoms with E-state index in [4.69, 9.17) is 0 Å². The van der Waals surface area contributed by atoms with Crippen molar-refractivity contribution in [1.82, 2.24) is 4.98 Å². The van der Waals surface area contributed by atoms with Crippen molar-refractivity contribution in [2.24, 2.45) is 0 Å². The van der Waals surface area contributed by atoms with Crippen molar-refractivity contribution in [3.05, 3.63) is 71.9 Å². The summed E-state index contributed by atoms with van der Waals surface area (Å²) in [5.41, 5.74) is 4.44. The Kier molecular flexibility index (Phi) is 2.57. The Morgan fingerprint density at radius 1 is 0.952 bits per heavy atom. The van der Waals surface area contributed by atoms with Crippen molar-refractivity contribution in [1.29, 1.82) is 0 Å². The third-order valence-corrected chi connectivity index (χ3v) is 3.69. The number of nitrogens with zero attached hydrogens (tertiary/aromatic N) is 1. The van der Waals surface area contributed by atoms with E-state index in [1.165, 1.54) is 0 Å². The summed E-state index contributed by atoms with van der Waals surface area (Å²) >= 11 is 0. The number of aromatic nitrogens is 1. The van der Waals surface area contributed by atoms with Crippen LogP contribution in [0.15, 0.2) is 60.8 Å². The van der Waals surface area contributed by atoms with Crippen LogP contribution in [0.3, 0.4) is 0 Å². The lowest BCUT2D eigenvalue weighted by Gasteiger charge is -2.03. The molecule has 0 fully saturated rings. The van der Waals surface area contributed by atoms with E-state index in [9.17, 15) is 4.79 Å². The van der Waals surface area contributed by atoms with Crippen LogP contribution in [-0.4, -0.2) is 10.9 Å². The molecule has 0 unspecified atom stereocenters. The largest absolute Gasteiger partial charge is 0.321 e. The molecule has 3 aromatic rings. The second-order valence-corrected chi connectivity index (χ2v) is 4.98. The second-order valence-electron chi connectivity index (χ2n) is 4.98. The van der Waals surface area contributed by atoms with E-state index in [1.54, 1.807) is 6.20 Å². The van der Waals surface area contributed by atoms with Gasteiger partial charge < -0.3 is 5.32 Å². The maximum atomic E-state index is 12.2. The fourth-order valence-electron chi connectivity index (χ4n) is 2.68. The molecule has 0 saturated carbocycles. The Balaban J connectivity index is 1.93. The molecule has 100 valence electrons. The van der Waals surface area contributed by atoms with Crippen LogP contribution in [0.2, 0.25) is 0 Å². The highest BCUT2D eigenvalue weighted by atomic mass is 16.2. The van der Waals surface area contributed by atoms with Gasteiger partial charge in [0.1, 0.15) is 0 Å². The number of nitrogens with one attached hydrogen (secondary N) is 1. The average Bonchev–Trinajstić information content (AvgIpc) is 2.84. The van der Waals surface area contributed by atoms with Gasteiger partial charge in [-0.2, -0.15) is 0 Å². The normalized spacial score (nSPS) is 15.2. The fraction of sp³-hybridized carbons (Fsp3) is 0. The summed E-state index contributed by atoms with van der Waals surface area (Å²) in [6.45, 7) is 0. The standard InChI is InChI=1S/C18H12N2O/c21-18-15(14-6-2-4-8-17(14)20-18)11-12-9-10-19-16-7-3-1-5-13(12)16/h1-11H,(H,20,21)/b15-11-. The number of rotatable bonds is 1. The van der Waals surface area contributed by atoms with Gasteiger partial charge in [0.15, 0.2) is 0 Å². The summed E-state index contributed by atoms with van der Waals surface area (Å²) < 4.78 is 0. The van der Waals surface area contributed by atoms with Crippen molar-refractivity contribution < 1.29 is 4.79 Å². The summed E-state index contributed by atoms with van der Waals surface area (Å²) in [6.07, 6.45) is 3.71. The minimum atomic E-state index is -0.0582. The molecule has 3 nitrogen and oxygen atoms in total. The van der Waals surface area contributed by atoms with E-state index in [0.717, 1.165) is 27.7 Å². The molecular weight excluding hydrogens is 260 g/mol. The maximum absolute atomic E-state index is 12.2. The van der Waals surface area contributed by atoms with Crippen molar-refractivity contribution in [3.8, 4) is 0 Å². The van der Waals surface area contributed by atoms with E-state index in [0.29, 0.717) is 5.57 Å². The summed E-state index contributed by atoms with van der Waals surface area (Å²) in [6, 6.07) is 17.6. The van der Waals surface area contributed by atoms with E-state index in [-0.39, 0.29) is 5.91 Å². The van der Waals surface area contributed by atoms with Gasteiger partial charge in [0.05, 0.1) is 5.52 Å². The SMILES string of the molecule is O=C1Nc2ccccc2/C1=C/c1ccnc2ccccc12. The predicted molar refractivity (Wildman–Crippen MR) is 84.7 cm³/mol. The summed E-state index contributed by atoms with van der Waals surface area (Å²) in [4.78, 5) is 16.5. The third kappa shape index (κ3) is 1.91. The molecule has 0 bridgehead atoms. The van der Waals surface area contributed by atoms with Gasteiger partial charge in [0.2, 0.25) is 0 Å². The van der Waals surface area contributed by atoms with E-state index in [2.05, 4.69) is 10.3 Å². The van der Waals surface area contributed by atoms with Gasteiger partial charge >= 0.3 is 0 Å². The molecule has 0 spiro atoms. The lowest BCUT2D eigenvalue weighted by molar-refractivity contribution is -0.110. The molecule has 21 heavy (non-hydrogen) atoms. The van der Waals surface area contributed by atoms with Crippen LogP contribution in [0.5, 0.6) is 0 Å². The first-order valence-electron chi connectivity index (χ1n) is 6.79. The maximum Gasteiger partial charge on any atom is 0.256 e. The highest BCUT2D eigenvalue weighted by Gasteiger charge is 2.23. The molecule has 2 heterocycles. The summed E-state index contributed by atoms with van der Waals surface area (Å²) in [5.74, 6) is -0.0582. The summed E-state index contributed by atoms with van der Waals surface area (Å²) in [5, 5.41) is 3.94. The number of pyridine rings is 1. The number of hydrogen-bond acceptors (Lipinski definition) is 2. The Morgan fingerprint density at radius 3 is 2.71 bits per heavy atom. The minimum absolute atomic E-state index is 0.0582. The lowest BCUT2D eigenvalue weighted by Crippen LogP contribution is -2.03. The molecule has 1 aliphatic rings. The quantitative estimate of drug-likeness (QED) is 0.686. The molecular formula is C18H12N2O. The Morgan fingerprint density at radius 2 is 1.76 bits per heavy atom. The third-order valence-electron chi connectivity index (χ3n) is 3.69. The molecule has 3 heteroatoms. The lowest BCUT2D eigenvalue weighted by atomic mass is 10.0. The van der Waals surface area contributed by atoms with Gasteiger partial charge in [0, 0.05) is 28.4 Å². The first-order chi connectivity index (χ1) is 10.3. The first kappa shape index (κ1) is 11.9. The summed E-state index contributed by atoms with van der Waals surface area (Å²) in [7, 11) is 0. The molecule has 2 aromatic carbocycles. The van der Waals surface area contributed by atoms with Crippen LogP contribution in [0, 0.1) is 0 Å². The van der Waals surface area contributed by atoms with Crippen molar-refractivity contribution in [3.63, 3.8) is 0 Å². The monoisotopic (exact) mass is 272 g/mol. The number of benzene rings is 2. The van der Waals surface area contributed by atoms with Gasteiger partial charge in [-0.15, -0.1) is 0 Å². The highest BCUT2D eigenvalue weighted by molar-refractivity contribution is 6.35. The smallest absolute Gasteiger partial charge is 0.256 e. The fourth-order valence-corrected chi connectivity index (χ4v) is 2.68. The molecule has 1 amide bonds. The zero-order valence-electron chi connectivity index (χ0n) is 11.2. The molecule has 0 saturated heterocycles. The molecule has 1 N–H and O–H groups in total. The van der Waals surface area contributed by atoms with Crippen LogP contribution < -0.4 is 5.32 Å². The van der Waals surface area contributed by atoms with E-state index >= 15 is 0 Å². The number of para-hydroxylation sites is 2. The Hall–Kier alpha value is -2.94. The molecule has 0 atom stereocenters. The van der Waals surface area contributed by atoms with Crippen molar-refractivity contribution in [2.75, 3.05) is 5.32 Å². The Bertz CT molecular complexity index is 891. The second kappa shape index (κ2) is 4.56. The predicted octanol–water partition coefficient (Wildman–Crippen LogP) is 3.73. The number of anilines is 1. The van der Waals surface area contributed by atoms with Crippen LogP contribution in [0.25, 0.3) is 22.6 Å². The van der Waals surface area contributed by atoms with Crippen molar-refractivity contribution >= 4 is 34.1 Å². The molecule has 1 aliphatic heterocycles. The number of carbonyl (C=O) groups is 1. The van der Waals surface area contributed by atoms with Crippen molar-refractivity contribution in [2.45, 2.75) is 0 Å². The van der Waals surface area contributed by atoms with Crippen LogP contribution in [0.1, 0.15) is 11.1 Å². The van der Waals surface area contributed by atoms with Gasteiger partial charge in [-0.05, 0) is 29.8 Å². The number of fused-ring (bicyclic) bond motifs is 2. The average molecular weight is 272 g/mol. The topological polar surface area (TPSA) is 42.0 Å². The zero-order valence-corrected chi connectivity index (χ0v) is 11.2. The van der Waals surface area contributed by atoms with Gasteiger partial charge in [-0.25, -0.2) is 0 Å². The number of amides is 1. The highest BCUT2D eigenvalue weighted by Crippen LogP contribution is 2.33. The molecule has 1 aromatic heterocycles. The molecule has 0 radical (unpaired) electrons. The van der Waals surface area contributed by atoms with Crippen LogP contribution in [0.4, 0.5) is 5.69 Å². The zero-order chi connectivity index (χ0) is 14.2. The molecule has 4 rings (SSSR count). The molecule has 0 aliphatic carbocycles. The van der Waals surface area contributed by atoms with E-state index < -0.39 is 0 Å².